The monoisotopic (exact) mass is 263 g/mol. The number of hydrogen-bond donors (Lipinski definition) is 1. The van der Waals surface area contributed by atoms with Crippen LogP contribution < -0.4 is 0 Å². The summed E-state index contributed by atoms with van der Waals surface area (Å²) in [5, 5.41) is 8.75. The van der Waals surface area contributed by atoms with Gasteiger partial charge >= 0.3 is 5.97 Å². The van der Waals surface area contributed by atoms with Crippen LogP contribution in [0.5, 0.6) is 0 Å². The highest BCUT2D eigenvalue weighted by Gasteiger charge is 2.59. The number of amides is 2. The van der Waals surface area contributed by atoms with Gasteiger partial charge in [-0.2, -0.15) is 0 Å². The van der Waals surface area contributed by atoms with E-state index in [1.54, 1.807) is 6.92 Å². The minimum Gasteiger partial charge on any atom is -0.481 e. The van der Waals surface area contributed by atoms with E-state index in [0.717, 1.165) is 6.42 Å². The van der Waals surface area contributed by atoms with Gasteiger partial charge in [0.25, 0.3) is 0 Å². The smallest absolute Gasteiger partial charge is 0.303 e. The van der Waals surface area contributed by atoms with Gasteiger partial charge in [0.2, 0.25) is 11.8 Å². The number of hydrogen-bond acceptors (Lipinski definition) is 3. The van der Waals surface area contributed by atoms with Crippen LogP contribution in [-0.2, 0) is 14.4 Å². The first-order valence-corrected chi connectivity index (χ1v) is 6.74. The maximum Gasteiger partial charge on any atom is 0.303 e. The van der Waals surface area contributed by atoms with E-state index in [1.807, 2.05) is 0 Å². The Balaban J connectivity index is 1.74. The zero-order chi connectivity index (χ0) is 13.7. The Morgan fingerprint density at radius 2 is 1.84 bits per heavy atom. The Labute approximate surface area is 111 Å². The number of carboxylic acid groups (broad SMARTS) is 1. The number of rotatable bonds is 4. The Morgan fingerprint density at radius 3 is 2.32 bits per heavy atom. The first kappa shape index (κ1) is 12.4. The van der Waals surface area contributed by atoms with Crippen molar-refractivity contribution in [3.05, 3.63) is 12.2 Å². The maximum absolute atomic E-state index is 12.3. The fourth-order valence-corrected chi connectivity index (χ4v) is 3.82. The molecule has 5 nitrogen and oxygen atoms in total. The molecule has 3 aliphatic rings. The molecule has 0 spiro atoms. The third-order valence-electron chi connectivity index (χ3n) is 4.58. The summed E-state index contributed by atoms with van der Waals surface area (Å²) in [5.41, 5.74) is 0. The fraction of sp³-hybridized carbons (Fsp3) is 0.643. The van der Waals surface area contributed by atoms with Crippen molar-refractivity contribution < 1.29 is 19.5 Å². The molecule has 2 amide bonds. The zero-order valence-corrected chi connectivity index (χ0v) is 10.8. The number of fused-ring (bicyclic) bond motifs is 5. The number of carboxylic acids is 1. The van der Waals surface area contributed by atoms with Gasteiger partial charge in [-0.1, -0.05) is 19.1 Å². The number of allylic oxidation sites excluding steroid dienone is 2. The average molecular weight is 263 g/mol. The van der Waals surface area contributed by atoms with Gasteiger partial charge in [0.15, 0.2) is 0 Å². The average Bonchev–Trinajstić information content (AvgIpc) is 2.97. The molecule has 19 heavy (non-hydrogen) atoms. The van der Waals surface area contributed by atoms with Crippen molar-refractivity contribution in [1.82, 2.24) is 4.90 Å². The van der Waals surface area contributed by atoms with E-state index in [1.165, 1.54) is 4.90 Å². The van der Waals surface area contributed by atoms with E-state index in [4.69, 9.17) is 5.11 Å². The predicted octanol–water partition coefficient (Wildman–Crippen LogP) is 0.904. The van der Waals surface area contributed by atoms with Crippen LogP contribution in [0.15, 0.2) is 12.2 Å². The molecule has 0 aromatic heterocycles. The van der Waals surface area contributed by atoms with Crippen molar-refractivity contribution in [3.63, 3.8) is 0 Å². The van der Waals surface area contributed by atoms with Crippen molar-refractivity contribution in [2.24, 2.45) is 29.6 Å². The zero-order valence-electron chi connectivity index (χ0n) is 10.8. The van der Waals surface area contributed by atoms with E-state index in [-0.39, 0.29) is 54.4 Å². The molecule has 1 saturated heterocycles. The lowest BCUT2D eigenvalue weighted by atomic mass is 9.85. The molecule has 1 heterocycles. The molecular weight excluding hydrogens is 246 g/mol. The summed E-state index contributed by atoms with van der Waals surface area (Å²) in [6.07, 6.45) is 5.02. The van der Waals surface area contributed by atoms with Gasteiger partial charge in [-0.05, 0) is 24.2 Å². The number of aliphatic carboxylic acids is 1. The Morgan fingerprint density at radius 1 is 1.32 bits per heavy atom. The highest BCUT2D eigenvalue weighted by atomic mass is 16.4. The second-order valence-corrected chi connectivity index (χ2v) is 5.99. The summed E-state index contributed by atoms with van der Waals surface area (Å²) in [6, 6.07) is 0. The van der Waals surface area contributed by atoms with Crippen molar-refractivity contribution in [2.45, 2.75) is 19.8 Å². The largest absolute Gasteiger partial charge is 0.481 e. The summed E-state index contributed by atoms with van der Waals surface area (Å²) in [6.45, 7) is 1.99. The minimum absolute atomic E-state index is 0.0164. The van der Waals surface area contributed by atoms with Crippen molar-refractivity contribution in [2.75, 3.05) is 6.54 Å². The molecule has 3 rings (SSSR count). The summed E-state index contributed by atoms with van der Waals surface area (Å²) < 4.78 is 0. The number of nitrogens with zero attached hydrogens (tertiary/aromatic N) is 1. The van der Waals surface area contributed by atoms with Crippen LogP contribution in [0.25, 0.3) is 0 Å². The Hall–Kier alpha value is -1.65. The van der Waals surface area contributed by atoms with E-state index in [9.17, 15) is 14.4 Å². The first-order valence-electron chi connectivity index (χ1n) is 6.74. The van der Waals surface area contributed by atoms with Gasteiger partial charge in [-0.25, -0.2) is 0 Å². The summed E-state index contributed by atoms with van der Waals surface area (Å²) >= 11 is 0. The Kier molecular flexibility index (Phi) is 2.73. The van der Waals surface area contributed by atoms with Gasteiger partial charge in [-0.15, -0.1) is 0 Å². The van der Waals surface area contributed by atoms with Crippen LogP contribution in [0.1, 0.15) is 19.8 Å². The molecule has 2 bridgehead atoms. The molecule has 0 radical (unpaired) electrons. The molecular formula is C14H17NO4. The van der Waals surface area contributed by atoms with Gasteiger partial charge in [0.05, 0.1) is 11.8 Å². The van der Waals surface area contributed by atoms with Gasteiger partial charge in [-0.3, -0.25) is 19.3 Å². The van der Waals surface area contributed by atoms with Crippen LogP contribution in [0, 0.1) is 29.6 Å². The molecule has 1 saturated carbocycles. The lowest BCUT2D eigenvalue weighted by Gasteiger charge is -2.20. The highest BCUT2D eigenvalue weighted by Crippen LogP contribution is 2.52. The highest BCUT2D eigenvalue weighted by molar-refractivity contribution is 6.06. The lowest BCUT2D eigenvalue weighted by molar-refractivity contribution is -0.144. The minimum atomic E-state index is -0.895. The van der Waals surface area contributed by atoms with E-state index in [2.05, 4.69) is 12.2 Å². The van der Waals surface area contributed by atoms with Crippen LogP contribution in [0.4, 0.5) is 0 Å². The summed E-state index contributed by atoms with van der Waals surface area (Å²) in [5.74, 6) is -1.21. The normalized spacial score (nSPS) is 37.0. The number of carbonyl (C=O) groups is 3. The molecule has 1 N–H and O–H groups in total. The second kappa shape index (κ2) is 4.18. The fourth-order valence-electron chi connectivity index (χ4n) is 3.82. The molecule has 1 aliphatic heterocycles. The molecule has 2 fully saturated rings. The van der Waals surface area contributed by atoms with Gasteiger partial charge in [0.1, 0.15) is 0 Å². The summed E-state index contributed by atoms with van der Waals surface area (Å²) in [7, 11) is 0. The van der Waals surface area contributed by atoms with Gasteiger partial charge in [0, 0.05) is 13.0 Å². The van der Waals surface area contributed by atoms with E-state index in [0.29, 0.717) is 0 Å². The number of carbonyl (C=O) groups excluding carboxylic acids is 2. The third kappa shape index (κ3) is 1.79. The predicted molar refractivity (Wildman–Crippen MR) is 65.9 cm³/mol. The lowest BCUT2D eigenvalue weighted by Crippen LogP contribution is -2.36. The molecule has 2 aliphatic carbocycles. The van der Waals surface area contributed by atoms with Crippen molar-refractivity contribution in [1.29, 1.82) is 0 Å². The molecule has 102 valence electrons. The molecule has 0 aromatic rings. The standard InChI is InChI=1S/C14H17NO4/c1-7(4-10(16)17)6-15-13(18)11-8-2-3-9(5-8)12(11)14(15)19/h2-3,7-9,11-12H,4-6H2,1H3,(H,16,17). The molecule has 0 aromatic carbocycles. The third-order valence-corrected chi connectivity index (χ3v) is 4.58. The Bertz CT molecular complexity index is 454. The quantitative estimate of drug-likeness (QED) is 0.604. The summed E-state index contributed by atoms with van der Waals surface area (Å²) in [4.78, 5) is 36.6. The second-order valence-electron chi connectivity index (χ2n) is 5.99. The van der Waals surface area contributed by atoms with Crippen LogP contribution >= 0.6 is 0 Å². The number of imide groups is 1. The van der Waals surface area contributed by atoms with E-state index >= 15 is 0 Å². The maximum atomic E-state index is 12.3. The van der Waals surface area contributed by atoms with Crippen LogP contribution in [-0.4, -0.2) is 34.3 Å². The van der Waals surface area contributed by atoms with Crippen molar-refractivity contribution in [3.8, 4) is 0 Å². The first-order chi connectivity index (χ1) is 8.99. The van der Waals surface area contributed by atoms with Crippen molar-refractivity contribution >= 4 is 17.8 Å². The van der Waals surface area contributed by atoms with Crippen LogP contribution in [0.2, 0.25) is 0 Å². The SMILES string of the molecule is CC(CC(=O)O)CN1C(=O)C2C3C=CC(C3)C2C1=O. The molecule has 5 heteroatoms. The van der Waals surface area contributed by atoms with Crippen LogP contribution in [0.3, 0.4) is 0 Å². The van der Waals surface area contributed by atoms with E-state index < -0.39 is 5.97 Å². The molecule has 5 atom stereocenters. The topological polar surface area (TPSA) is 74.7 Å². The molecule has 5 unspecified atom stereocenters. The number of likely N-dealkylation sites (tertiary alicyclic amines) is 1. The van der Waals surface area contributed by atoms with Gasteiger partial charge < -0.3 is 5.11 Å².